The van der Waals surface area contributed by atoms with E-state index in [1.54, 1.807) is 13.0 Å². The van der Waals surface area contributed by atoms with E-state index in [9.17, 15) is 0 Å². The van der Waals surface area contributed by atoms with Crippen molar-refractivity contribution in [2.24, 2.45) is 0 Å². The van der Waals surface area contributed by atoms with Gasteiger partial charge in [0.05, 0.1) is 12.2 Å². The van der Waals surface area contributed by atoms with Gasteiger partial charge in [-0.25, -0.2) is 0 Å². The molecule has 3 heteroatoms. The van der Waals surface area contributed by atoms with Gasteiger partial charge in [-0.15, -0.1) is 6.58 Å². The first kappa shape index (κ1) is 9.62. The molecular weight excluding hydrogens is 130 g/mol. The Morgan fingerprint density at radius 3 is 2.70 bits per heavy atom. The van der Waals surface area contributed by atoms with Gasteiger partial charge in [0.15, 0.2) is 0 Å². The molecule has 0 heterocycles. The molecule has 0 aromatic carbocycles. The lowest BCUT2D eigenvalue weighted by Gasteiger charge is -2.09. The lowest BCUT2D eigenvalue weighted by atomic mass is 10.4. The van der Waals surface area contributed by atoms with E-state index in [0.29, 0.717) is 6.54 Å². The highest BCUT2D eigenvalue weighted by Crippen LogP contribution is 1.86. The first-order valence-corrected chi connectivity index (χ1v) is 3.36. The zero-order chi connectivity index (χ0) is 7.98. The van der Waals surface area contributed by atoms with Gasteiger partial charge in [-0.3, -0.25) is 4.84 Å². The highest BCUT2D eigenvalue weighted by atomic mass is 16.7. The summed E-state index contributed by atoms with van der Waals surface area (Å²) in [5, 5.41) is 8.77. The van der Waals surface area contributed by atoms with Crippen molar-refractivity contribution in [1.82, 2.24) is 5.48 Å². The summed E-state index contributed by atoms with van der Waals surface area (Å²) in [5.74, 6) is 0. The Labute approximate surface area is 61.7 Å². The van der Waals surface area contributed by atoms with E-state index in [2.05, 4.69) is 12.1 Å². The summed E-state index contributed by atoms with van der Waals surface area (Å²) in [5.41, 5.74) is 2.61. The van der Waals surface area contributed by atoms with E-state index in [1.165, 1.54) is 0 Å². The molecule has 3 nitrogen and oxygen atoms in total. The monoisotopic (exact) mass is 145 g/mol. The molecule has 0 aromatic rings. The number of aliphatic hydroxyl groups excluding tert-OH is 1. The minimum atomic E-state index is -0.378. The second kappa shape index (κ2) is 5.41. The third kappa shape index (κ3) is 5.75. The van der Waals surface area contributed by atoms with Crippen molar-refractivity contribution in [2.75, 3.05) is 6.54 Å². The predicted octanol–water partition coefficient (Wildman–Crippen LogP) is 0.463. The van der Waals surface area contributed by atoms with Crippen molar-refractivity contribution in [2.45, 2.75) is 26.1 Å². The molecule has 0 bridgehead atoms. The molecule has 0 fully saturated rings. The van der Waals surface area contributed by atoms with E-state index in [-0.39, 0.29) is 12.2 Å². The number of nitrogens with one attached hydrogen (secondary N) is 1. The fraction of sp³-hybridized carbons (Fsp3) is 0.714. The van der Waals surface area contributed by atoms with Crippen LogP contribution in [0.1, 0.15) is 13.8 Å². The molecule has 1 unspecified atom stereocenters. The van der Waals surface area contributed by atoms with Crippen molar-refractivity contribution >= 4 is 0 Å². The highest BCUT2D eigenvalue weighted by Gasteiger charge is 1.96. The van der Waals surface area contributed by atoms with Gasteiger partial charge in [-0.05, 0) is 13.8 Å². The maximum Gasteiger partial charge on any atom is 0.0940 e. The minimum Gasteiger partial charge on any atom is -0.392 e. The lowest BCUT2D eigenvalue weighted by molar-refractivity contribution is -0.00815. The second-order valence-corrected chi connectivity index (χ2v) is 2.26. The SMILES string of the molecule is C=CC(C)ONC[C@H](C)O. The molecule has 0 radical (unpaired) electrons. The number of hydrogen-bond donors (Lipinski definition) is 2. The molecule has 0 saturated carbocycles. The summed E-state index contributed by atoms with van der Waals surface area (Å²) in [6.07, 6.45) is 1.28. The third-order valence-corrected chi connectivity index (χ3v) is 0.980. The van der Waals surface area contributed by atoms with Crippen molar-refractivity contribution in [1.29, 1.82) is 0 Å². The standard InChI is InChI=1S/C7H15NO2/c1-4-7(3)10-8-5-6(2)9/h4,6-9H,1,5H2,2-3H3/t6-,7?/m0/s1. The number of hydrogen-bond acceptors (Lipinski definition) is 3. The van der Waals surface area contributed by atoms with Crippen LogP contribution in [0.3, 0.4) is 0 Å². The fourth-order valence-corrected chi connectivity index (χ4v) is 0.348. The summed E-state index contributed by atoms with van der Waals surface area (Å²) in [7, 11) is 0. The molecule has 10 heavy (non-hydrogen) atoms. The van der Waals surface area contributed by atoms with Crippen LogP contribution in [0.2, 0.25) is 0 Å². The molecule has 0 spiro atoms. The number of hydroxylamine groups is 1. The van der Waals surface area contributed by atoms with Gasteiger partial charge < -0.3 is 5.11 Å². The Kier molecular flexibility index (Phi) is 5.20. The Balaban J connectivity index is 3.11. The Hall–Kier alpha value is -0.380. The van der Waals surface area contributed by atoms with E-state index >= 15 is 0 Å². The van der Waals surface area contributed by atoms with Crippen molar-refractivity contribution < 1.29 is 9.94 Å². The van der Waals surface area contributed by atoms with E-state index in [4.69, 9.17) is 9.94 Å². The Morgan fingerprint density at radius 1 is 1.70 bits per heavy atom. The zero-order valence-electron chi connectivity index (χ0n) is 6.50. The Bertz CT molecular complexity index is 93.6. The summed E-state index contributed by atoms with van der Waals surface area (Å²) in [4.78, 5) is 4.97. The van der Waals surface area contributed by atoms with Gasteiger partial charge in [0.25, 0.3) is 0 Å². The van der Waals surface area contributed by atoms with Crippen LogP contribution >= 0.6 is 0 Å². The normalized spacial score (nSPS) is 16.3. The summed E-state index contributed by atoms with van der Waals surface area (Å²) in [6.45, 7) is 7.53. The zero-order valence-corrected chi connectivity index (χ0v) is 6.50. The lowest BCUT2D eigenvalue weighted by Crippen LogP contribution is -2.27. The van der Waals surface area contributed by atoms with Gasteiger partial charge >= 0.3 is 0 Å². The van der Waals surface area contributed by atoms with Crippen LogP contribution in [0.15, 0.2) is 12.7 Å². The summed E-state index contributed by atoms with van der Waals surface area (Å²) < 4.78 is 0. The molecule has 0 rings (SSSR count). The largest absolute Gasteiger partial charge is 0.392 e. The second-order valence-electron chi connectivity index (χ2n) is 2.26. The van der Waals surface area contributed by atoms with Crippen LogP contribution < -0.4 is 5.48 Å². The predicted molar refractivity (Wildman–Crippen MR) is 40.4 cm³/mol. The first-order valence-electron chi connectivity index (χ1n) is 3.36. The molecule has 0 saturated heterocycles. The quantitative estimate of drug-likeness (QED) is 0.436. The van der Waals surface area contributed by atoms with Crippen LogP contribution in [-0.4, -0.2) is 23.9 Å². The molecule has 0 aliphatic rings. The number of rotatable bonds is 5. The summed E-state index contributed by atoms with van der Waals surface area (Å²) >= 11 is 0. The van der Waals surface area contributed by atoms with Crippen molar-refractivity contribution in [3.63, 3.8) is 0 Å². The minimum absolute atomic E-state index is 0.0150. The number of aliphatic hydroxyl groups is 1. The maximum absolute atomic E-state index is 8.77. The van der Waals surface area contributed by atoms with Crippen LogP contribution in [-0.2, 0) is 4.84 Å². The summed E-state index contributed by atoms with van der Waals surface area (Å²) in [6, 6.07) is 0. The van der Waals surface area contributed by atoms with E-state index < -0.39 is 0 Å². The van der Waals surface area contributed by atoms with E-state index in [0.717, 1.165) is 0 Å². The van der Waals surface area contributed by atoms with Gasteiger partial charge in [-0.2, -0.15) is 5.48 Å². The average molecular weight is 145 g/mol. The average Bonchev–Trinajstić information content (AvgIpc) is 1.87. The molecule has 60 valence electrons. The van der Waals surface area contributed by atoms with Gasteiger partial charge in [0.1, 0.15) is 0 Å². The van der Waals surface area contributed by atoms with Crippen molar-refractivity contribution in [3.05, 3.63) is 12.7 Å². The van der Waals surface area contributed by atoms with Gasteiger partial charge in [-0.1, -0.05) is 6.08 Å². The van der Waals surface area contributed by atoms with Gasteiger partial charge in [0.2, 0.25) is 0 Å². The van der Waals surface area contributed by atoms with Crippen LogP contribution in [0.25, 0.3) is 0 Å². The fourth-order valence-electron chi connectivity index (χ4n) is 0.348. The first-order chi connectivity index (χ1) is 4.66. The third-order valence-electron chi connectivity index (χ3n) is 0.980. The van der Waals surface area contributed by atoms with Crippen molar-refractivity contribution in [3.8, 4) is 0 Å². The molecule has 0 aromatic heterocycles. The highest BCUT2D eigenvalue weighted by molar-refractivity contribution is 4.74. The molecule has 0 aliphatic heterocycles. The van der Waals surface area contributed by atoms with Crippen LogP contribution in [0, 0.1) is 0 Å². The maximum atomic E-state index is 8.77. The molecule has 2 atom stereocenters. The molecule has 0 aliphatic carbocycles. The van der Waals surface area contributed by atoms with E-state index in [1.807, 2.05) is 6.92 Å². The molecule has 0 amide bonds. The van der Waals surface area contributed by atoms with Crippen LogP contribution in [0.4, 0.5) is 0 Å². The Morgan fingerprint density at radius 2 is 2.30 bits per heavy atom. The van der Waals surface area contributed by atoms with Gasteiger partial charge in [0, 0.05) is 6.54 Å². The molecule has 2 N–H and O–H groups in total. The molecular formula is C7H15NO2. The van der Waals surface area contributed by atoms with Crippen LogP contribution in [0.5, 0.6) is 0 Å². The topological polar surface area (TPSA) is 41.5 Å². The smallest absolute Gasteiger partial charge is 0.0940 e.